The quantitative estimate of drug-likeness (QED) is 0.783. The van der Waals surface area contributed by atoms with Crippen LogP contribution in [0.1, 0.15) is 18.9 Å². The first kappa shape index (κ1) is 15.4. The van der Waals surface area contributed by atoms with E-state index in [-0.39, 0.29) is 0 Å². The van der Waals surface area contributed by atoms with Crippen LogP contribution in [0.4, 0.5) is 0 Å². The number of hydrogen-bond donors (Lipinski definition) is 1. The first-order chi connectivity index (χ1) is 10.3. The highest BCUT2D eigenvalue weighted by atomic mass is 16.5. The van der Waals surface area contributed by atoms with Gasteiger partial charge in [0.15, 0.2) is 11.5 Å². The maximum Gasteiger partial charge on any atom is 0.161 e. The predicted molar refractivity (Wildman–Crippen MR) is 87.0 cm³/mol. The number of hydrogen-bond acceptors (Lipinski definition) is 3. The van der Waals surface area contributed by atoms with Gasteiger partial charge in [0, 0.05) is 6.54 Å². The Morgan fingerprint density at radius 3 is 2.24 bits per heavy atom. The third-order valence-corrected chi connectivity index (χ3v) is 3.44. The summed E-state index contributed by atoms with van der Waals surface area (Å²) in [4.78, 5) is 0. The van der Waals surface area contributed by atoms with E-state index in [4.69, 9.17) is 9.47 Å². The minimum atomic E-state index is 0.760. The van der Waals surface area contributed by atoms with Gasteiger partial charge in [0.05, 0.1) is 14.2 Å². The first-order valence-electron chi connectivity index (χ1n) is 7.31. The molecular formula is C18H23NO2. The summed E-state index contributed by atoms with van der Waals surface area (Å²) in [5, 5.41) is 3.45. The maximum absolute atomic E-state index is 5.43. The molecule has 0 amide bonds. The van der Waals surface area contributed by atoms with E-state index in [9.17, 15) is 0 Å². The van der Waals surface area contributed by atoms with Crippen LogP contribution < -0.4 is 14.8 Å². The van der Waals surface area contributed by atoms with Crippen LogP contribution >= 0.6 is 0 Å². The fourth-order valence-corrected chi connectivity index (χ4v) is 2.35. The molecule has 0 aliphatic carbocycles. The van der Waals surface area contributed by atoms with E-state index < -0.39 is 0 Å². The maximum atomic E-state index is 5.43. The zero-order valence-corrected chi connectivity index (χ0v) is 13.0. The minimum absolute atomic E-state index is 0.760. The van der Waals surface area contributed by atoms with Crippen molar-refractivity contribution in [3.63, 3.8) is 0 Å². The molecule has 0 aromatic heterocycles. The van der Waals surface area contributed by atoms with Crippen LogP contribution in [0.5, 0.6) is 11.5 Å². The predicted octanol–water partition coefficient (Wildman–Crippen LogP) is 3.87. The van der Waals surface area contributed by atoms with Gasteiger partial charge >= 0.3 is 0 Å². The second kappa shape index (κ2) is 7.70. The lowest BCUT2D eigenvalue weighted by molar-refractivity contribution is 0.354. The third-order valence-electron chi connectivity index (χ3n) is 3.44. The van der Waals surface area contributed by atoms with Gasteiger partial charge in [-0.3, -0.25) is 0 Å². The normalized spacial score (nSPS) is 10.4. The summed E-state index contributed by atoms with van der Waals surface area (Å²) in [5.41, 5.74) is 3.58. The smallest absolute Gasteiger partial charge is 0.161 e. The molecule has 0 spiro atoms. The van der Waals surface area contributed by atoms with Crippen molar-refractivity contribution in [2.24, 2.45) is 0 Å². The minimum Gasteiger partial charge on any atom is -0.493 e. The van der Waals surface area contributed by atoms with Gasteiger partial charge in [0.1, 0.15) is 0 Å². The molecule has 0 radical (unpaired) electrons. The second-order valence-corrected chi connectivity index (χ2v) is 4.91. The van der Waals surface area contributed by atoms with Crippen LogP contribution in [0.25, 0.3) is 11.1 Å². The van der Waals surface area contributed by atoms with Crippen LogP contribution in [0.3, 0.4) is 0 Å². The van der Waals surface area contributed by atoms with Gasteiger partial charge in [-0.1, -0.05) is 37.3 Å². The molecule has 2 aromatic rings. The molecule has 0 fully saturated rings. The van der Waals surface area contributed by atoms with Gasteiger partial charge in [-0.25, -0.2) is 0 Å². The first-order valence-corrected chi connectivity index (χ1v) is 7.31. The topological polar surface area (TPSA) is 30.5 Å². The average Bonchev–Trinajstić information content (AvgIpc) is 2.55. The zero-order chi connectivity index (χ0) is 15.1. The molecule has 3 heteroatoms. The molecule has 2 aromatic carbocycles. The Morgan fingerprint density at radius 2 is 1.62 bits per heavy atom. The summed E-state index contributed by atoms with van der Waals surface area (Å²) >= 11 is 0. The van der Waals surface area contributed by atoms with E-state index in [1.807, 2.05) is 6.07 Å². The summed E-state index contributed by atoms with van der Waals surface area (Å²) in [7, 11) is 3.34. The van der Waals surface area contributed by atoms with Crippen LogP contribution in [-0.2, 0) is 6.54 Å². The van der Waals surface area contributed by atoms with Gasteiger partial charge in [0.2, 0.25) is 0 Å². The lowest BCUT2D eigenvalue weighted by atomic mass is 9.98. The third kappa shape index (κ3) is 3.76. The molecule has 3 nitrogen and oxygen atoms in total. The largest absolute Gasteiger partial charge is 0.493 e. The fraction of sp³-hybridized carbons (Fsp3) is 0.333. The highest BCUT2D eigenvalue weighted by Crippen LogP contribution is 2.35. The monoisotopic (exact) mass is 285 g/mol. The van der Waals surface area contributed by atoms with Crippen LogP contribution in [0.2, 0.25) is 0 Å². The van der Waals surface area contributed by atoms with Gasteiger partial charge in [-0.05, 0) is 41.8 Å². The highest BCUT2D eigenvalue weighted by Gasteiger charge is 2.12. The van der Waals surface area contributed by atoms with E-state index in [0.29, 0.717) is 0 Å². The van der Waals surface area contributed by atoms with E-state index in [0.717, 1.165) is 31.0 Å². The van der Waals surface area contributed by atoms with E-state index >= 15 is 0 Å². The Hall–Kier alpha value is -2.00. The van der Waals surface area contributed by atoms with Gasteiger partial charge in [-0.15, -0.1) is 0 Å². The van der Waals surface area contributed by atoms with E-state index in [1.54, 1.807) is 14.2 Å². The average molecular weight is 285 g/mol. The molecule has 0 heterocycles. The van der Waals surface area contributed by atoms with Crippen molar-refractivity contribution in [1.29, 1.82) is 0 Å². The van der Waals surface area contributed by atoms with Crippen LogP contribution in [0.15, 0.2) is 42.5 Å². The number of rotatable bonds is 7. The Morgan fingerprint density at radius 1 is 0.952 bits per heavy atom. The van der Waals surface area contributed by atoms with Crippen LogP contribution in [-0.4, -0.2) is 20.8 Å². The number of benzene rings is 2. The molecule has 1 N–H and O–H groups in total. The highest BCUT2D eigenvalue weighted by molar-refractivity contribution is 5.71. The van der Waals surface area contributed by atoms with Crippen molar-refractivity contribution in [2.75, 3.05) is 20.8 Å². The van der Waals surface area contributed by atoms with Gasteiger partial charge < -0.3 is 14.8 Å². The van der Waals surface area contributed by atoms with Crippen molar-refractivity contribution < 1.29 is 9.47 Å². The molecule has 0 bridgehead atoms. The molecular weight excluding hydrogens is 262 g/mol. The Balaban J connectivity index is 2.44. The molecule has 0 saturated heterocycles. The lowest BCUT2D eigenvalue weighted by Crippen LogP contribution is -2.14. The fourth-order valence-electron chi connectivity index (χ4n) is 2.35. The summed E-state index contributed by atoms with van der Waals surface area (Å²) in [5.74, 6) is 1.53. The number of nitrogens with one attached hydrogen (secondary N) is 1. The standard InChI is InChI=1S/C18H23NO2/c1-4-10-19-13-15-11-17(20-2)18(21-3)12-16(15)14-8-6-5-7-9-14/h5-9,11-12,19H,4,10,13H2,1-3H3. The number of methoxy groups -OCH3 is 2. The van der Waals surface area contributed by atoms with Crippen molar-refractivity contribution in [1.82, 2.24) is 5.32 Å². The molecule has 0 saturated carbocycles. The zero-order valence-electron chi connectivity index (χ0n) is 13.0. The Labute approximate surface area is 126 Å². The van der Waals surface area contributed by atoms with Crippen molar-refractivity contribution >= 4 is 0 Å². The van der Waals surface area contributed by atoms with Crippen molar-refractivity contribution in [3.8, 4) is 22.6 Å². The van der Waals surface area contributed by atoms with Gasteiger partial charge in [-0.2, -0.15) is 0 Å². The second-order valence-electron chi connectivity index (χ2n) is 4.91. The summed E-state index contributed by atoms with van der Waals surface area (Å²) in [6, 6.07) is 14.5. The van der Waals surface area contributed by atoms with Gasteiger partial charge in [0.25, 0.3) is 0 Å². The SMILES string of the molecule is CCCNCc1cc(OC)c(OC)cc1-c1ccccc1. The van der Waals surface area contributed by atoms with Crippen molar-refractivity contribution in [2.45, 2.75) is 19.9 Å². The Bertz CT molecular complexity index is 567. The molecule has 2 rings (SSSR count). The van der Waals surface area contributed by atoms with Crippen LogP contribution in [0, 0.1) is 0 Å². The van der Waals surface area contributed by atoms with Crippen molar-refractivity contribution in [3.05, 3.63) is 48.0 Å². The molecule has 0 atom stereocenters. The molecule has 0 unspecified atom stereocenters. The van der Waals surface area contributed by atoms with E-state index in [1.165, 1.54) is 16.7 Å². The Kier molecular flexibility index (Phi) is 5.64. The lowest BCUT2D eigenvalue weighted by Gasteiger charge is -2.15. The molecule has 21 heavy (non-hydrogen) atoms. The molecule has 0 aliphatic rings. The summed E-state index contributed by atoms with van der Waals surface area (Å²) in [6.45, 7) is 3.99. The van der Waals surface area contributed by atoms with E-state index in [2.05, 4.69) is 48.6 Å². The summed E-state index contributed by atoms with van der Waals surface area (Å²) in [6.07, 6.45) is 1.12. The molecule has 112 valence electrons. The molecule has 0 aliphatic heterocycles. The summed E-state index contributed by atoms with van der Waals surface area (Å²) < 4.78 is 10.9. The number of ether oxygens (including phenoxy) is 2.